The molecule has 0 spiro atoms. The Hall–Kier alpha value is -8.86. The summed E-state index contributed by atoms with van der Waals surface area (Å²) in [7, 11) is 0. The molecule has 0 aromatic heterocycles. The molecule has 9 aromatic rings. The van der Waals surface area contributed by atoms with Gasteiger partial charge in [0.25, 0.3) is 0 Å². The summed E-state index contributed by atoms with van der Waals surface area (Å²) in [6.07, 6.45) is 0. The molecular formula is C67H54ClNO4. The van der Waals surface area contributed by atoms with E-state index < -0.39 is 5.41 Å². The SMILES string of the molecule is C=C(c1ccccc1)c1ccc(OCC(COc2ccc(C(=C)c3ccccc3)cc2)(COc2ccc(C(=C)c3ccccc3)cc2)COc2ccc(C(=C=Nc3ccc(Cl)cc3)c3ccccc3)cc2)cc1. The molecule has 0 saturated carbocycles. The standard InChI is InChI=1S/C67H54ClNO4/c1-49(52-16-8-4-9-17-52)55-24-36-62(37-25-55)70-45-67(46-71-63-38-26-56(27-39-63)50(2)53-18-10-5-11-19-53,47-72-64-40-28-57(29-41-64)51(3)54-20-12-6-13-21-54)48-73-65-42-30-59(31-43-65)66(58-22-14-7-15-23-58)44-69-61-34-32-60(68)33-35-61/h4-43H,1-3,45-48H2. The van der Waals surface area contributed by atoms with Crippen molar-refractivity contribution in [1.29, 1.82) is 0 Å². The monoisotopic (exact) mass is 971 g/mol. The van der Waals surface area contributed by atoms with Crippen LogP contribution < -0.4 is 18.9 Å². The maximum atomic E-state index is 6.78. The summed E-state index contributed by atoms with van der Waals surface area (Å²) < 4.78 is 26.9. The fourth-order valence-electron chi connectivity index (χ4n) is 8.13. The second-order valence-electron chi connectivity index (χ2n) is 17.7. The summed E-state index contributed by atoms with van der Waals surface area (Å²) in [5.41, 5.74) is 11.6. The molecule has 0 N–H and O–H groups in total. The minimum atomic E-state index is -0.857. The number of rotatable bonds is 21. The van der Waals surface area contributed by atoms with E-state index in [1.165, 1.54) is 0 Å². The van der Waals surface area contributed by atoms with Crippen molar-refractivity contribution in [2.75, 3.05) is 26.4 Å². The highest BCUT2D eigenvalue weighted by molar-refractivity contribution is 6.30. The number of nitrogens with zero attached hydrogens (tertiary/aromatic N) is 1. The van der Waals surface area contributed by atoms with Gasteiger partial charge in [0.05, 0.1) is 11.3 Å². The molecule has 5 nitrogen and oxygen atoms in total. The van der Waals surface area contributed by atoms with Crippen LogP contribution in [0.5, 0.6) is 23.0 Å². The molecule has 6 heteroatoms. The minimum absolute atomic E-state index is 0.181. The van der Waals surface area contributed by atoms with Crippen molar-refractivity contribution in [2.45, 2.75) is 0 Å². The number of hydrogen-bond donors (Lipinski definition) is 0. The summed E-state index contributed by atoms with van der Waals surface area (Å²) in [4.78, 5) is 4.68. The maximum absolute atomic E-state index is 6.78. The summed E-state index contributed by atoms with van der Waals surface area (Å²) in [6, 6.07) is 79.9. The van der Waals surface area contributed by atoms with E-state index in [1.807, 2.05) is 206 Å². The second-order valence-corrected chi connectivity index (χ2v) is 18.2. The fraction of sp³-hybridized carbons (Fsp3) is 0.0746. The van der Waals surface area contributed by atoms with Gasteiger partial charge in [-0.25, -0.2) is 4.99 Å². The molecule has 0 saturated heterocycles. The molecule has 0 heterocycles. The number of benzene rings is 9. The first kappa shape index (κ1) is 49.1. The molecular weight excluding hydrogens is 918 g/mol. The van der Waals surface area contributed by atoms with Gasteiger partial charge in [-0.05, 0) is 152 Å². The highest BCUT2D eigenvalue weighted by atomic mass is 35.5. The maximum Gasteiger partial charge on any atom is 0.119 e. The van der Waals surface area contributed by atoms with Crippen LogP contribution >= 0.6 is 11.6 Å². The predicted molar refractivity (Wildman–Crippen MR) is 301 cm³/mol. The van der Waals surface area contributed by atoms with Crippen LogP contribution in [0.2, 0.25) is 5.02 Å². The van der Waals surface area contributed by atoms with Crippen molar-refractivity contribution in [3.05, 3.63) is 312 Å². The van der Waals surface area contributed by atoms with Gasteiger partial charge in [-0.15, -0.1) is 0 Å². The molecule has 73 heavy (non-hydrogen) atoms. The zero-order valence-corrected chi connectivity index (χ0v) is 41.3. The lowest BCUT2D eigenvalue weighted by Gasteiger charge is -2.33. The van der Waals surface area contributed by atoms with Crippen molar-refractivity contribution < 1.29 is 18.9 Å². The van der Waals surface area contributed by atoms with Crippen molar-refractivity contribution in [3.8, 4) is 23.0 Å². The molecule has 9 rings (SSSR count). The van der Waals surface area contributed by atoms with E-state index in [0.717, 1.165) is 72.5 Å². The molecule has 0 aliphatic rings. The Morgan fingerprint density at radius 3 is 0.918 bits per heavy atom. The molecule has 0 bridgehead atoms. The van der Waals surface area contributed by atoms with E-state index in [1.54, 1.807) is 0 Å². The van der Waals surface area contributed by atoms with Crippen LogP contribution in [0.15, 0.2) is 267 Å². The molecule has 358 valence electrons. The molecule has 0 aliphatic heterocycles. The van der Waals surface area contributed by atoms with E-state index in [2.05, 4.69) is 67.0 Å². The van der Waals surface area contributed by atoms with Crippen molar-refractivity contribution >= 4 is 45.5 Å². The highest BCUT2D eigenvalue weighted by Crippen LogP contribution is 2.32. The third kappa shape index (κ3) is 13.1. The molecule has 0 fully saturated rings. The molecule has 0 radical (unpaired) electrons. The van der Waals surface area contributed by atoms with Crippen molar-refractivity contribution in [3.63, 3.8) is 0 Å². The zero-order valence-electron chi connectivity index (χ0n) is 40.5. The van der Waals surface area contributed by atoms with Gasteiger partial charge in [0.15, 0.2) is 0 Å². The number of ether oxygens (including phenoxy) is 4. The van der Waals surface area contributed by atoms with Gasteiger partial charge in [-0.3, -0.25) is 0 Å². The number of hydrogen-bond acceptors (Lipinski definition) is 5. The van der Waals surface area contributed by atoms with Gasteiger partial charge >= 0.3 is 0 Å². The Morgan fingerprint density at radius 1 is 0.342 bits per heavy atom. The van der Waals surface area contributed by atoms with E-state index in [0.29, 0.717) is 28.0 Å². The van der Waals surface area contributed by atoms with Crippen LogP contribution in [-0.2, 0) is 0 Å². The molecule has 0 atom stereocenters. The van der Waals surface area contributed by atoms with E-state index in [-0.39, 0.29) is 26.4 Å². The Bertz CT molecular complexity index is 3080. The van der Waals surface area contributed by atoms with Crippen LogP contribution in [-0.4, -0.2) is 32.3 Å². The van der Waals surface area contributed by atoms with Crippen molar-refractivity contribution in [1.82, 2.24) is 0 Å². The molecule has 0 unspecified atom stereocenters. The molecule has 0 amide bonds. The van der Waals surface area contributed by atoms with Gasteiger partial charge in [0.1, 0.15) is 54.8 Å². The smallest absolute Gasteiger partial charge is 0.119 e. The van der Waals surface area contributed by atoms with Gasteiger partial charge in [0.2, 0.25) is 0 Å². The summed E-state index contributed by atoms with van der Waals surface area (Å²) >= 11 is 6.16. The van der Waals surface area contributed by atoms with E-state index in [4.69, 9.17) is 30.5 Å². The lowest BCUT2D eigenvalue weighted by atomic mass is 9.91. The van der Waals surface area contributed by atoms with Crippen LogP contribution in [0.4, 0.5) is 5.69 Å². The van der Waals surface area contributed by atoms with E-state index >= 15 is 0 Å². The van der Waals surface area contributed by atoms with Gasteiger partial charge in [-0.2, -0.15) is 0 Å². The third-order valence-corrected chi connectivity index (χ3v) is 12.7. The zero-order chi connectivity index (χ0) is 50.2. The normalized spacial score (nSPS) is 10.9. The third-order valence-electron chi connectivity index (χ3n) is 12.5. The van der Waals surface area contributed by atoms with Gasteiger partial charge in [0, 0.05) is 5.02 Å². The Balaban J connectivity index is 1.01. The molecule has 0 aliphatic carbocycles. The first-order valence-electron chi connectivity index (χ1n) is 24.1. The Morgan fingerprint density at radius 2 is 0.603 bits per heavy atom. The van der Waals surface area contributed by atoms with Crippen molar-refractivity contribution in [2.24, 2.45) is 10.4 Å². The van der Waals surface area contributed by atoms with Gasteiger partial charge < -0.3 is 18.9 Å². The lowest BCUT2D eigenvalue weighted by Crippen LogP contribution is -2.45. The van der Waals surface area contributed by atoms with Crippen LogP contribution in [0.1, 0.15) is 44.5 Å². The highest BCUT2D eigenvalue weighted by Gasteiger charge is 2.36. The predicted octanol–water partition coefficient (Wildman–Crippen LogP) is 16.6. The summed E-state index contributed by atoms with van der Waals surface area (Å²) in [6.45, 7) is 13.9. The Labute approximate surface area is 434 Å². The largest absolute Gasteiger partial charge is 0.493 e. The topological polar surface area (TPSA) is 49.3 Å². The van der Waals surface area contributed by atoms with Crippen LogP contribution in [0.25, 0.3) is 22.3 Å². The molecule has 9 aromatic carbocycles. The van der Waals surface area contributed by atoms with Gasteiger partial charge in [-0.1, -0.05) is 189 Å². The average molecular weight is 973 g/mol. The first-order chi connectivity index (χ1) is 35.8. The van der Waals surface area contributed by atoms with Crippen LogP contribution in [0.3, 0.4) is 0 Å². The summed E-state index contributed by atoms with van der Waals surface area (Å²) in [5.74, 6) is 6.03. The minimum Gasteiger partial charge on any atom is -0.493 e. The summed E-state index contributed by atoms with van der Waals surface area (Å²) in [5, 5.41) is 0.648. The lowest BCUT2D eigenvalue weighted by molar-refractivity contribution is -0.00352. The number of aliphatic imine (C=N–C) groups is 1. The average Bonchev–Trinajstić information content (AvgIpc) is 3.46. The Kier molecular flexibility index (Phi) is 16.0. The number of halogens is 1. The fourth-order valence-corrected chi connectivity index (χ4v) is 8.25. The first-order valence-corrected chi connectivity index (χ1v) is 24.5. The quantitative estimate of drug-likeness (QED) is 0.0673. The van der Waals surface area contributed by atoms with E-state index in [9.17, 15) is 0 Å². The van der Waals surface area contributed by atoms with Crippen LogP contribution in [0, 0.1) is 5.41 Å². The second kappa shape index (κ2) is 23.8.